The first-order valence-corrected chi connectivity index (χ1v) is 7.77. The van der Waals surface area contributed by atoms with E-state index in [4.69, 9.17) is 9.52 Å². The van der Waals surface area contributed by atoms with Crippen LogP contribution < -0.4 is 0 Å². The van der Waals surface area contributed by atoms with E-state index in [9.17, 15) is 18.3 Å². The molecule has 8 heteroatoms. The first-order valence-electron chi connectivity index (χ1n) is 6.33. The van der Waals surface area contributed by atoms with Crippen LogP contribution in [0.2, 0.25) is 0 Å². The van der Waals surface area contributed by atoms with Gasteiger partial charge in [0.15, 0.2) is 0 Å². The fourth-order valence-electron chi connectivity index (χ4n) is 2.41. The van der Waals surface area contributed by atoms with Gasteiger partial charge in [-0.2, -0.15) is 4.31 Å². The number of aromatic carboxylic acids is 1. The Kier molecular flexibility index (Phi) is 4.17. The van der Waals surface area contributed by atoms with Crippen LogP contribution in [0.5, 0.6) is 0 Å². The molecule has 1 heterocycles. The van der Waals surface area contributed by atoms with E-state index in [1.807, 2.05) is 0 Å². The smallest absolute Gasteiger partial charge is 0.371 e. The predicted octanol–water partition coefficient (Wildman–Crippen LogP) is 0.902. The van der Waals surface area contributed by atoms with E-state index in [1.54, 1.807) is 0 Å². The largest absolute Gasteiger partial charge is 0.475 e. The number of hydrogen-bond acceptors (Lipinski definition) is 5. The molecular weight excluding hydrogens is 286 g/mol. The number of furan rings is 1. The van der Waals surface area contributed by atoms with Gasteiger partial charge >= 0.3 is 5.97 Å². The molecule has 0 saturated heterocycles. The van der Waals surface area contributed by atoms with Crippen LogP contribution in [0.25, 0.3) is 0 Å². The average molecular weight is 303 g/mol. The topological polar surface area (TPSA) is 108 Å². The molecule has 1 aromatic rings. The van der Waals surface area contributed by atoms with E-state index in [-0.39, 0.29) is 0 Å². The summed E-state index contributed by atoms with van der Waals surface area (Å²) < 4.78 is 30.6. The number of likely N-dealkylation sites (N-methyl/N-ethyl adjacent to an activating group) is 1. The molecule has 1 aromatic heterocycles. The summed E-state index contributed by atoms with van der Waals surface area (Å²) in [6, 6.07) is 1.71. The van der Waals surface area contributed by atoms with E-state index in [0.717, 1.165) is 29.3 Å². The number of aliphatic hydroxyl groups excluding tert-OH is 1. The van der Waals surface area contributed by atoms with Crippen molar-refractivity contribution in [2.75, 3.05) is 7.05 Å². The summed E-state index contributed by atoms with van der Waals surface area (Å²) in [4.78, 5) is 10.7. The summed E-state index contributed by atoms with van der Waals surface area (Å²) >= 11 is 0. The SMILES string of the molecule is CN(C1CCCCC1O)S(=O)(=O)c1ccc(C(=O)O)o1. The van der Waals surface area contributed by atoms with Gasteiger partial charge in [-0.1, -0.05) is 12.8 Å². The second-order valence-corrected chi connectivity index (χ2v) is 6.79. The molecule has 2 atom stereocenters. The zero-order chi connectivity index (χ0) is 14.9. The van der Waals surface area contributed by atoms with Crippen LogP contribution in [0, 0.1) is 0 Å². The number of sulfonamides is 1. The van der Waals surface area contributed by atoms with Crippen LogP contribution >= 0.6 is 0 Å². The Morgan fingerprint density at radius 2 is 2.00 bits per heavy atom. The molecule has 0 bridgehead atoms. The van der Waals surface area contributed by atoms with Crippen molar-refractivity contribution in [3.63, 3.8) is 0 Å². The van der Waals surface area contributed by atoms with Gasteiger partial charge in [0.05, 0.1) is 12.1 Å². The van der Waals surface area contributed by atoms with Crippen molar-refractivity contribution in [2.24, 2.45) is 0 Å². The highest BCUT2D eigenvalue weighted by Crippen LogP contribution is 2.27. The van der Waals surface area contributed by atoms with Gasteiger partial charge in [0, 0.05) is 7.05 Å². The standard InChI is InChI=1S/C12H17NO6S/c1-13(8-4-2-3-5-9(8)14)20(17,18)11-7-6-10(19-11)12(15)16/h6-9,14H,2-5H2,1H3,(H,15,16). The van der Waals surface area contributed by atoms with E-state index in [1.165, 1.54) is 7.05 Å². The van der Waals surface area contributed by atoms with Crippen molar-refractivity contribution in [1.82, 2.24) is 4.31 Å². The zero-order valence-corrected chi connectivity index (χ0v) is 11.8. The molecule has 1 fully saturated rings. The number of carbonyl (C=O) groups is 1. The molecule has 7 nitrogen and oxygen atoms in total. The summed E-state index contributed by atoms with van der Waals surface area (Å²) in [7, 11) is -2.57. The van der Waals surface area contributed by atoms with Crippen LogP contribution in [0.4, 0.5) is 0 Å². The third kappa shape index (κ3) is 2.72. The van der Waals surface area contributed by atoms with Crippen LogP contribution in [-0.4, -0.2) is 48.1 Å². The number of aliphatic hydroxyl groups is 1. The number of carboxylic acids is 1. The molecule has 0 amide bonds. The van der Waals surface area contributed by atoms with Crippen molar-refractivity contribution in [3.8, 4) is 0 Å². The minimum Gasteiger partial charge on any atom is -0.475 e. The van der Waals surface area contributed by atoms with Gasteiger partial charge in [0.1, 0.15) is 0 Å². The van der Waals surface area contributed by atoms with E-state index in [2.05, 4.69) is 0 Å². The lowest BCUT2D eigenvalue weighted by Crippen LogP contribution is -2.46. The Hall–Kier alpha value is -1.38. The van der Waals surface area contributed by atoms with Gasteiger partial charge in [-0.25, -0.2) is 13.2 Å². The molecule has 1 saturated carbocycles. The maximum Gasteiger partial charge on any atom is 0.371 e. The molecule has 0 aromatic carbocycles. The van der Waals surface area contributed by atoms with E-state index in [0.29, 0.717) is 12.8 Å². The Morgan fingerprint density at radius 1 is 1.35 bits per heavy atom. The summed E-state index contributed by atoms with van der Waals surface area (Å²) in [6.45, 7) is 0. The molecule has 2 rings (SSSR count). The third-order valence-corrected chi connectivity index (χ3v) is 5.34. The fourth-order valence-corrected chi connectivity index (χ4v) is 3.73. The average Bonchev–Trinajstić information content (AvgIpc) is 2.89. The number of nitrogens with zero attached hydrogens (tertiary/aromatic N) is 1. The second kappa shape index (κ2) is 5.55. The van der Waals surface area contributed by atoms with Crippen molar-refractivity contribution in [1.29, 1.82) is 0 Å². The molecule has 1 aliphatic rings. The van der Waals surface area contributed by atoms with Gasteiger partial charge in [-0.05, 0) is 25.0 Å². The minimum absolute atomic E-state index is 0.421. The van der Waals surface area contributed by atoms with Gasteiger partial charge in [0.2, 0.25) is 10.9 Å². The Bertz CT molecular complexity index is 593. The normalized spacial score (nSPS) is 23.9. The summed E-state index contributed by atoms with van der Waals surface area (Å²) in [6.07, 6.45) is 2.14. The predicted molar refractivity (Wildman–Crippen MR) is 68.9 cm³/mol. The maximum atomic E-state index is 12.3. The summed E-state index contributed by atoms with van der Waals surface area (Å²) in [5.74, 6) is -1.76. The lowest BCUT2D eigenvalue weighted by Gasteiger charge is -2.33. The Balaban J connectivity index is 2.26. The Morgan fingerprint density at radius 3 is 2.55 bits per heavy atom. The number of carboxylic acid groups (broad SMARTS) is 1. The van der Waals surface area contributed by atoms with E-state index < -0.39 is 39.0 Å². The molecule has 0 radical (unpaired) electrons. The van der Waals surface area contributed by atoms with Crippen molar-refractivity contribution in [3.05, 3.63) is 17.9 Å². The highest BCUT2D eigenvalue weighted by atomic mass is 32.2. The maximum absolute atomic E-state index is 12.3. The molecule has 1 aliphatic carbocycles. The summed E-state index contributed by atoms with van der Waals surface area (Å²) in [5.41, 5.74) is 0. The van der Waals surface area contributed by atoms with E-state index >= 15 is 0 Å². The monoisotopic (exact) mass is 303 g/mol. The lowest BCUT2D eigenvalue weighted by atomic mass is 9.93. The Labute approximate surface area is 116 Å². The molecular formula is C12H17NO6S. The summed E-state index contributed by atoms with van der Waals surface area (Å²) in [5, 5.41) is 18.2. The first-order chi connectivity index (χ1) is 9.34. The fraction of sp³-hybridized carbons (Fsp3) is 0.583. The van der Waals surface area contributed by atoms with Crippen molar-refractivity contribution < 1.29 is 27.8 Å². The third-order valence-electron chi connectivity index (χ3n) is 3.59. The molecule has 20 heavy (non-hydrogen) atoms. The lowest BCUT2D eigenvalue weighted by molar-refractivity contribution is 0.0621. The zero-order valence-electron chi connectivity index (χ0n) is 11.0. The van der Waals surface area contributed by atoms with Gasteiger partial charge < -0.3 is 14.6 Å². The van der Waals surface area contributed by atoms with Gasteiger partial charge in [-0.3, -0.25) is 0 Å². The van der Waals surface area contributed by atoms with Crippen LogP contribution in [0.3, 0.4) is 0 Å². The minimum atomic E-state index is -3.94. The van der Waals surface area contributed by atoms with Crippen molar-refractivity contribution >= 4 is 16.0 Å². The van der Waals surface area contributed by atoms with Crippen LogP contribution in [0.15, 0.2) is 21.6 Å². The quantitative estimate of drug-likeness (QED) is 0.855. The van der Waals surface area contributed by atoms with Crippen LogP contribution in [0.1, 0.15) is 36.2 Å². The highest BCUT2D eigenvalue weighted by Gasteiger charge is 2.36. The number of rotatable bonds is 4. The van der Waals surface area contributed by atoms with Crippen molar-refractivity contribution in [2.45, 2.75) is 42.9 Å². The van der Waals surface area contributed by atoms with Crippen LogP contribution in [-0.2, 0) is 10.0 Å². The molecule has 2 N–H and O–H groups in total. The molecule has 2 unspecified atom stereocenters. The molecule has 0 spiro atoms. The highest BCUT2D eigenvalue weighted by molar-refractivity contribution is 7.89. The number of hydrogen-bond donors (Lipinski definition) is 2. The second-order valence-electron chi connectivity index (χ2n) is 4.86. The van der Waals surface area contributed by atoms with Gasteiger partial charge in [0.25, 0.3) is 10.0 Å². The van der Waals surface area contributed by atoms with Gasteiger partial charge in [-0.15, -0.1) is 0 Å². The first kappa shape index (κ1) is 15.0. The molecule has 112 valence electrons. The molecule has 0 aliphatic heterocycles.